The zero-order chi connectivity index (χ0) is 36.3. The van der Waals surface area contributed by atoms with Gasteiger partial charge in [0.05, 0.1) is 29.1 Å². The fourth-order valence-electron chi connectivity index (χ4n) is 7.19. The highest BCUT2D eigenvalue weighted by molar-refractivity contribution is 6.24. The van der Waals surface area contributed by atoms with Gasteiger partial charge in [-0.3, -0.25) is 14.6 Å². The second-order valence-corrected chi connectivity index (χ2v) is 13.2. The zero-order valence-corrected chi connectivity index (χ0v) is 29.8. The Kier molecular flexibility index (Phi) is 11.1. The van der Waals surface area contributed by atoms with Crippen molar-refractivity contribution < 1.29 is 24.6 Å². The lowest BCUT2D eigenvalue weighted by Gasteiger charge is -2.18. The maximum Gasteiger partial charge on any atom is 0.338 e. The average molecular weight is 681 g/mol. The Balaban J connectivity index is 1.91. The molecule has 5 rings (SSSR count). The lowest BCUT2D eigenvalue weighted by Crippen LogP contribution is -2.33. The lowest BCUT2D eigenvalue weighted by atomic mass is 9.84. The number of allylic oxidation sites excluding steroid dienone is 1. The normalized spacial score (nSPS) is 15.7. The first-order valence-corrected chi connectivity index (χ1v) is 17.4. The van der Waals surface area contributed by atoms with Gasteiger partial charge >= 0.3 is 11.9 Å². The predicted molar refractivity (Wildman–Crippen MR) is 198 cm³/mol. The van der Waals surface area contributed by atoms with Gasteiger partial charge in [-0.1, -0.05) is 33.4 Å². The molecule has 1 amide bonds. The number of aryl methyl sites for hydroxylation is 3. The van der Waals surface area contributed by atoms with E-state index >= 15 is 0 Å². The fourth-order valence-corrected chi connectivity index (χ4v) is 7.19. The highest BCUT2D eigenvalue weighted by Crippen LogP contribution is 2.43. The Hall–Kier alpha value is -5.03. The molecule has 0 radical (unpaired) electrons. The third-order valence-electron chi connectivity index (χ3n) is 10.0. The highest BCUT2D eigenvalue weighted by atomic mass is 16.4. The Morgan fingerprint density at radius 1 is 0.920 bits per heavy atom. The Labute approximate surface area is 292 Å². The van der Waals surface area contributed by atoms with Crippen LogP contribution in [0.3, 0.4) is 0 Å². The van der Waals surface area contributed by atoms with Gasteiger partial charge in [0.2, 0.25) is 5.91 Å². The van der Waals surface area contributed by atoms with Crippen molar-refractivity contribution in [1.29, 1.82) is 0 Å². The van der Waals surface area contributed by atoms with Crippen LogP contribution in [-0.4, -0.2) is 67.6 Å². The summed E-state index contributed by atoms with van der Waals surface area (Å²) in [4.78, 5) is 55.6. The first-order chi connectivity index (χ1) is 23.9. The molecule has 6 N–H and O–H groups in total. The molecular weight excluding hydrogens is 632 g/mol. The van der Waals surface area contributed by atoms with Crippen LogP contribution in [0, 0.1) is 13.8 Å². The summed E-state index contributed by atoms with van der Waals surface area (Å²) in [6.07, 6.45) is 3.51. The van der Waals surface area contributed by atoms with Crippen LogP contribution >= 0.6 is 0 Å². The lowest BCUT2D eigenvalue weighted by molar-refractivity contribution is -0.137. The molecule has 11 heteroatoms. The van der Waals surface area contributed by atoms with Crippen LogP contribution in [0.25, 0.3) is 39.3 Å². The van der Waals surface area contributed by atoms with E-state index in [1.807, 2.05) is 32.1 Å². The minimum atomic E-state index is -1.16. The van der Waals surface area contributed by atoms with E-state index in [2.05, 4.69) is 54.0 Å². The summed E-state index contributed by atoms with van der Waals surface area (Å²) in [6.45, 7) is 17.9. The smallest absolute Gasteiger partial charge is 0.338 e. The molecule has 3 aromatic rings. The van der Waals surface area contributed by atoms with E-state index in [-0.39, 0.29) is 42.4 Å². The molecule has 2 atom stereocenters. The Morgan fingerprint density at radius 3 is 2.30 bits per heavy atom. The molecule has 2 aliphatic rings. The summed E-state index contributed by atoms with van der Waals surface area (Å²) in [6, 6.07) is 5.91. The number of nitrogens with one attached hydrogen (secondary N) is 4. The van der Waals surface area contributed by atoms with Crippen LogP contribution in [0.4, 0.5) is 0 Å². The minimum absolute atomic E-state index is 0.00548. The summed E-state index contributed by atoms with van der Waals surface area (Å²) >= 11 is 0. The van der Waals surface area contributed by atoms with Crippen molar-refractivity contribution >= 4 is 57.1 Å². The first kappa shape index (κ1) is 36.3. The number of carboxylic acids is 2. The molecule has 5 heterocycles. The molecule has 264 valence electrons. The number of amides is 1. The molecule has 0 saturated heterocycles. The van der Waals surface area contributed by atoms with Gasteiger partial charge in [0, 0.05) is 70.2 Å². The van der Waals surface area contributed by atoms with Crippen molar-refractivity contribution in [2.24, 2.45) is 0 Å². The zero-order valence-electron chi connectivity index (χ0n) is 29.8. The number of carbonyl (C=O) groups is 3. The van der Waals surface area contributed by atoms with Gasteiger partial charge in [-0.2, -0.15) is 0 Å². The minimum Gasteiger partial charge on any atom is -0.481 e. The van der Waals surface area contributed by atoms with Crippen LogP contribution < -0.4 is 10.6 Å². The second-order valence-electron chi connectivity index (χ2n) is 13.2. The molecular formula is C39H48N6O5. The monoisotopic (exact) mass is 680 g/mol. The number of carboxylic acid groups (broad SMARTS) is 2. The summed E-state index contributed by atoms with van der Waals surface area (Å²) in [7, 11) is 0. The number of hydrogen-bond acceptors (Lipinski definition) is 6. The maximum atomic E-state index is 13.6. The Morgan fingerprint density at radius 2 is 1.64 bits per heavy atom. The molecule has 2 aliphatic heterocycles. The summed E-state index contributed by atoms with van der Waals surface area (Å²) in [5.74, 6) is -3.02. The number of nitrogens with zero attached hydrogens (tertiary/aromatic N) is 2. The number of aromatic amines is 2. The third kappa shape index (κ3) is 7.14. The van der Waals surface area contributed by atoms with Gasteiger partial charge in [-0.25, -0.2) is 9.78 Å². The van der Waals surface area contributed by atoms with E-state index in [4.69, 9.17) is 9.97 Å². The van der Waals surface area contributed by atoms with Crippen molar-refractivity contribution in [3.63, 3.8) is 0 Å². The third-order valence-corrected chi connectivity index (χ3v) is 10.0. The molecule has 0 saturated carbocycles. The van der Waals surface area contributed by atoms with Crippen molar-refractivity contribution in [2.45, 2.75) is 85.5 Å². The van der Waals surface area contributed by atoms with E-state index in [1.165, 1.54) is 0 Å². The number of fused-ring (bicyclic) bond motifs is 8. The van der Waals surface area contributed by atoms with Gasteiger partial charge in [-0.15, -0.1) is 0 Å². The first-order valence-electron chi connectivity index (χ1n) is 17.4. The summed E-state index contributed by atoms with van der Waals surface area (Å²) < 4.78 is 0. The molecule has 50 heavy (non-hydrogen) atoms. The van der Waals surface area contributed by atoms with Crippen molar-refractivity contribution in [3.8, 4) is 0 Å². The SMILES string of the molecule is C=Cc1c(C)c2cc3nc(c(CC(=O)NCCNCCC)c4nc(cc5[nH]c(cc1[nH]2)c(C)c5CC)C(C)=C4C(=O)O)[C@@H](CCC(=O)O)[C@@H]3C. The highest BCUT2D eigenvalue weighted by Gasteiger charge is 2.35. The maximum absolute atomic E-state index is 13.6. The molecule has 0 aromatic carbocycles. The number of carbonyl (C=O) groups excluding carboxylic acids is 1. The van der Waals surface area contributed by atoms with Gasteiger partial charge in [0.1, 0.15) is 0 Å². The van der Waals surface area contributed by atoms with Crippen LogP contribution in [-0.2, 0) is 27.2 Å². The van der Waals surface area contributed by atoms with Crippen molar-refractivity contribution in [2.75, 3.05) is 19.6 Å². The molecule has 3 aromatic heterocycles. The van der Waals surface area contributed by atoms with E-state index in [9.17, 15) is 24.6 Å². The average Bonchev–Trinajstić information content (AvgIpc) is 3.75. The Bertz CT molecular complexity index is 2050. The van der Waals surface area contributed by atoms with Crippen molar-refractivity contribution in [3.05, 3.63) is 75.4 Å². The van der Waals surface area contributed by atoms with E-state index in [1.54, 1.807) is 6.92 Å². The fraction of sp³-hybridized carbons (Fsp3) is 0.410. The second kappa shape index (κ2) is 15.2. The quantitative estimate of drug-likeness (QED) is 0.110. The van der Waals surface area contributed by atoms with Crippen LogP contribution in [0.2, 0.25) is 0 Å². The molecule has 0 unspecified atom stereocenters. The van der Waals surface area contributed by atoms with E-state index in [0.29, 0.717) is 41.3 Å². The number of aromatic nitrogens is 4. The van der Waals surface area contributed by atoms with Gasteiger partial charge in [0.15, 0.2) is 0 Å². The number of H-pyrrole nitrogens is 2. The van der Waals surface area contributed by atoms with Crippen molar-refractivity contribution in [1.82, 2.24) is 30.6 Å². The van der Waals surface area contributed by atoms with Crippen LogP contribution in [0.5, 0.6) is 0 Å². The standard InChI is InChI=1S/C39H48N6O5/c1-8-13-40-14-15-41-34(46)16-27-37-26(11-12-35(47)48)22(6)30(44-37)17-28-20(4)24(9-2)32(42-28)18-29-21(5)25(10-3)33(43-29)19-31-23(7)36(39(49)50)38(27)45-31/h9,17-19,22,26,40,42-43H,2,8,10-16H2,1,3-7H3,(H,41,46)(H,47,48)(H,49,50)/t22-,26-/m0/s1. The number of hydrogen-bond donors (Lipinski definition) is 6. The van der Waals surface area contributed by atoms with E-state index in [0.717, 1.165) is 63.7 Å². The molecule has 11 nitrogen and oxygen atoms in total. The number of aliphatic carboxylic acids is 2. The van der Waals surface area contributed by atoms with Gasteiger partial charge < -0.3 is 30.8 Å². The molecule has 0 aliphatic carbocycles. The largest absolute Gasteiger partial charge is 0.481 e. The van der Waals surface area contributed by atoms with Gasteiger partial charge in [0.25, 0.3) is 0 Å². The summed E-state index contributed by atoms with van der Waals surface area (Å²) in [5, 5.41) is 26.5. The van der Waals surface area contributed by atoms with Crippen LogP contribution in [0.15, 0.2) is 24.8 Å². The van der Waals surface area contributed by atoms with E-state index < -0.39 is 17.9 Å². The predicted octanol–water partition coefficient (Wildman–Crippen LogP) is 6.56. The molecule has 0 fully saturated rings. The number of rotatable bonds is 13. The molecule has 0 spiro atoms. The molecule has 8 bridgehead atoms. The summed E-state index contributed by atoms with van der Waals surface area (Å²) in [5.41, 5.74) is 10.3. The van der Waals surface area contributed by atoms with Gasteiger partial charge in [-0.05, 0) is 87.0 Å². The topological polar surface area (TPSA) is 173 Å². The van der Waals surface area contributed by atoms with Crippen LogP contribution in [0.1, 0.15) is 109 Å².